The lowest BCUT2D eigenvalue weighted by Gasteiger charge is -2.28. The van der Waals surface area contributed by atoms with Crippen LogP contribution in [0.15, 0.2) is 59.4 Å². The third-order valence-electron chi connectivity index (χ3n) is 6.79. The van der Waals surface area contributed by atoms with Crippen LogP contribution in [-0.2, 0) is 29.0 Å². The van der Waals surface area contributed by atoms with Crippen LogP contribution in [-0.4, -0.2) is 77.7 Å². The van der Waals surface area contributed by atoms with Gasteiger partial charge in [-0.3, -0.25) is 20.0 Å². The minimum absolute atomic E-state index is 0.0938. The van der Waals surface area contributed by atoms with Crippen LogP contribution < -0.4 is 10.6 Å². The molecule has 3 amide bonds. The van der Waals surface area contributed by atoms with Crippen molar-refractivity contribution in [2.24, 2.45) is 0 Å². The summed E-state index contributed by atoms with van der Waals surface area (Å²) in [5.74, 6) is -0.167. The number of ketones is 1. The van der Waals surface area contributed by atoms with Gasteiger partial charge >= 0.3 is 12.1 Å². The third-order valence-corrected chi connectivity index (χ3v) is 7.58. The van der Waals surface area contributed by atoms with Crippen molar-refractivity contribution < 1.29 is 23.9 Å². The average molecular weight is 608 g/mol. The van der Waals surface area contributed by atoms with E-state index < -0.39 is 11.7 Å². The molecule has 1 saturated heterocycles. The first-order valence-corrected chi connectivity index (χ1v) is 15.5. The minimum Gasteiger partial charge on any atom is -0.444 e. The molecule has 0 bridgehead atoms. The van der Waals surface area contributed by atoms with Gasteiger partial charge in [0.15, 0.2) is 5.78 Å². The van der Waals surface area contributed by atoms with E-state index in [2.05, 4.69) is 20.5 Å². The van der Waals surface area contributed by atoms with Crippen molar-refractivity contribution in [3.05, 3.63) is 81.8 Å². The number of thiophene rings is 1. The highest BCUT2D eigenvalue weighted by molar-refractivity contribution is 7.08. The normalized spacial score (nSPS) is 13.7. The van der Waals surface area contributed by atoms with Crippen LogP contribution >= 0.6 is 11.3 Å². The molecule has 10 nitrogen and oxygen atoms in total. The molecule has 0 saturated carbocycles. The lowest BCUT2D eigenvalue weighted by atomic mass is 10.1. The Morgan fingerprint density at radius 2 is 1.81 bits per heavy atom. The quantitative estimate of drug-likeness (QED) is 0.267. The SMILES string of the molecule is CC(C)(C)OC(=O)Nc1cscc1CC(=O)c1ccc(CN(CCCN2CCOCC2)C(=O)NCc2ccccc2)cn1. The largest absolute Gasteiger partial charge is 0.444 e. The molecule has 1 fully saturated rings. The van der Waals surface area contributed by atoms with Gasteiger partial charge in [0.1, 0.15) is 11.3 Å². The molecule has 0 radical (unpaired) electrons. The second kappa shape index (κ2) is 15.6. The highest BCUT2D eigenvalue weighted by Gasteiger charge is 2.20. The van der Waals surface area contributed by atoms with E-state index in [4.69, 9.17) is 9.47 Å². The number of urea groups is 1. The maximum Gasteiger partial charge on any atom is 0.412 e. The number of amides is 3. The Bertz CT molecular complexity index is 1330. The van der Waals surface area contributed by atoms with Crippen molar-refractivity contribution >= 4 is 34.9 Å². The van der Waals surface area contributed by atoms with Gasteiger partial charge in [-0.25, -0.2) is 9.59 Å². The Balaban J connectivity index is 1.35. The van der Waals surface area contributed by atoms with Crippen LogP contribution in [0.1, 0.15) is 54.4 Å². The second-order valence-electron chi connectivity index (χ2n) is 11.5. The third kappa shape index (κ3) is 10.8. The Hall–Kier alpha value is -3.80. The lowest BCUT2D eigenvalue weighted by molar-refractivity contribution is 0.0364. The molecule has 2 N–H and O–H groups in total. The molecule has 2 aromatic heterocycles. The number of nitrogens with zero attached hydrogens (tertiary/aromatic N) is 3. The lowest BCUT2D eigenvalue weighted by Crippen LogP contribution is -2.42. The predicted octanol–water partition coefficient (Wildman–Crippen LogP) is 5.35. The Morgan fingerprint density at radius 3 is 2.51 bits per heavy atom. The van der Waals surface area contributed by atoms with E-state index in [-0.39, 0.29) is 18.2 Å². The molecule has 0 atom stereocenters. The molecule has 0 unspecified atom stereocenters. The molecular formula is C32H41N5O5S. The number of carbonyl (C=O) groups is 3. The number of rotatable bonds is 12. The summed E-state index contributed by atoms with van der Waals surface area (Å²) >= 11 is 1.40. The van der Waals surface area contributed by atoms with Gasteiger partial charge in [0.05, 0.1) is 18.9 Å². The molecule has 3 heterocycles. The van der Waals surface area contributed by atoms with Crippen molar-refractivity contribution in [2.75, 3.05) is 44.7 Å². The van der Waals surface area contributed by atoms with Gasteiger partial charge in [0.25, 0.3) is 0 Å². The van der Waals surface area contributed by atoms with E-state index >= 15 is 0 Å². The molecule has 4 rings (SSSR count). The predicted molar refractivity (Wildman–Crippen MR) is 167 cm³/mol. The number of anilines is 1. The smallest absolute Gasteiger partial charge is 0.412 e. The number of aromatic nitrogens is 1. The van der Waals surface area contributed by atoms with Crippen LogP contribution in [0.5, 0.6) is 0 Å². The first kappa shape index (κ1) is 32.1. The molecule has 1 aliphatic rings. The summed E-state index contributed by atoms with van der Waals surface area (Å²) in [6, 6.07) is 13.2. The molecular weight excluding hydrogens is 566 g/mol. The van der Waals surface area contributed by atoms with Crippen molar-refractivity contribution in [3.63, 3.8) is 0 Å². The first-order chi connectivity index (χ1) is 20.7. The fourth-order valence-corrected chi connectivity index (χ4v) is 5.39. The van der Waals surface area contributed by atoms with Gasteiger partial charge in [-0.1, -0.05) is 36.4 Å². The minimum atomic E-state index is -0.622. The first-order valence-electron chi connectivity index (χ1n) is 14.6. The molecule has 0 aliphatic carbocycles. The monoisotopic (exact) mass is 607 g/mol. The molecule has 43 heavy (non-hydrogen) atoms. The van der Waals surface area contributed by atoms with E-state index in [0.29, 0.717) is 36.6 Å². The number of benzene rings is 1. The number of nitrogens with one attached hydrogen (secondary N) is 2. The van der Waals surface area contributed by atoms with E-state index in [1.54, 1.807) is 43.3 Å². The second-order valence-corrected chi connectivity index (χ2v) is 12.2. The topological polar surface area (TPSA) is 113 Å². The van der Waals surface area contributed by atoms with Gasteiger partial charge in [0, 0.05) is 57.3 Å². The maximum absolute atomic E-state index is 13.2. The van der Waals surface area contributed by atoms with Gasteiger partial charge in [-0.15, -0.1) is 11.3 Å². The highest BCUT2D eigenvalue weighted by atomic mass is 32.1. The number of ether oxygens (including phenoxy) is 2. The molecule has 3 aromatic rings. The van der Waals surface area contributed by atoms with E-state index in [1.165, 1.54) is 11.3 Å². The summed E-state index contributed by atoms with van der Waals surface area (Å²) in [5, 5.41) is 9.37. The summed E-state index contributed by atoms with van der Waals surface area (Å²) < 4.78 is 10.8. The van der Waals surface area contributed by atoms with Gasteiger partial charge in [0.2, 0.25) is 0 Å². The molecule has 230 valence electrons. The zero-order valence-electron chi connectivity index (χ0n) is 25.1. The summed E-state index contributed by atoms with van der Waals surface area (Å²) in [6.45, 7) is 11.0. The summed E-state index contributed by atoms with van der Waals surface area (Å²) in [6.07, 6.45) is 2.02. The standard InChI is InChI=1S/C32H41N5O5S/c1-32(2,3)42-31(40)35-28-23-43-22-26(28)18-29(38)27-11-10-25(20-33-27)21-37(13-7-12-36-14-16-41-17-15-36)30(39)34-19-24-8-5-4-6-9-24/h4-6,8-11,20,22-23H,7,12-19,21H2,1-3H3,(H,34,39)(H,35,40). The van der Waals surface area contributed by atoms with Crippen molar-refractivity contribution in [2.45, 2.75) is 52.3 Å². The molecule has 1 aromatic carbocycles. The Morgan fingerprint density at radius 1 is 1.05 bits per heavy atom. The van der Waals surface area contributed by atoms with E-state index in [0.717, 1.165) is 50.4 Å². The number of hydrogen-bond donors (Lipinski definition) is 2. The fraction of sp³-hybridized carbons (Fsp3) is 0.438. The molecule has 0 spiro atoms. The van der Waals surface area contributed by atoms with Gasteiger partial charge in [-0.05, 0) is 55.3 Å². The Kier molecular flexibility index (Phi) is 11.7. The van der Waals surface area contributed by atoms with Crippen LogP contribution in [0.3, 0.4) is 0 Å². The average Bonchev–Trinajstić information content (AvgIpc) is 3.41. The van der Waals surface area contributed by atoms with Gasteiger partial charge in [-0.2, -0.15) is 0 Å². The van der Waals surface area contributed by atoms with Crippen molar-refractivity contribution in [1.82, 2.24) is 20.1 Å². The summed E-state index contributed by atoms with van der Waals surface area (Å²) in [7, 11) is 0. The van der Waals surface area contributed by atoms with Crippen LogP contribution in [0.4, 0.5) is 15.3 Å². The Labute approximate surface area is 257 Å². The number of Topliss-reactive ketones (excluding diaryl/α,β-unsaturated/α-hetero) is 1. The summed E-state index contributed by atoms with van der Waals surface area (Å²) in [4.78, 5) is 47.0. The van der Waals surface area contributed by atoms with E-state index in [1.807, 2.05) is 41.8 Å². The van der Waals surface area contributed by atoms with Crippen molar-refractivity contribution in [3.8, 4) is 0 Å². The van der Waals surface area contributed by atoms with Gasteiger partial charge < -0.3 is 19.7 Å². The van der Waals surface area contributed by atoms with Crippen LogP contribution in [0.25, 0.3) is 0 Å². The summed E-state index contributed by atoms with van der Waals surface area (Å²) in [5.41, 5.74) is 2.82. The molecule has 1 aliphatic heterocycles. The van der Waals surface area contributed by atoms with Crippen LogP contribution in [0.2, 0.25) is 0 Å². The van der Waals surface area contributed by atoms with Crippen molar-refractivity contribution in [1.29, 1.82) is 0 Å². The maximum atomic E-state index is 13.2. The fourth-order valence-electron chi connectivity index (χ4n) is 4.60. The molecule has 11 heteroatoms. The number of carbonyl (C=O) groups excluding carboxylic acids is 3. The number of hydrogen-bond acceptors (Lipinski definition) is 8. The number of pyridine rings is 1. The highest BCUT2D eigenvalue weighted by Crippen LogP contribution is 2.23. The van der Waals surface area contributed by atoms with E-state index in [9.17, 15) is 14.4 Å². The zero-order valence-corrected chi connectivity index (χ0v) is 26.0. The zero-order chi connectivity index (χ0) is 30.7. The number of morpholine rings is 1. The van der Waals surface area contributed by atoms with Crippen LogP contribution in [0, 0.1) is 0 Å².